The number of nitrogens with one attached hydrogen (secondary N) is 4. The topological polar surface area (TPSA) is 239 Å². The van der Waals surface area contributed by atoms with Crippen molar-refractivity contribution in [3.05, 3.63) is 29.8 Å². The van der Waals surface area contributed by atoms with Crippen LogP contribution in [0, 0.1) is 17.8 Å². The van der Waals surface area contributed by atoms with Gasteiger partial charge in [0, 0.05) is 47.5 Å². The predicted molar refractivity (Wildman–Crippen MR) is 230 cm³/mol. The van der Waals surface area contributed by atoms with Gasteiger partial charge in [0.2, 0.25) is 39.6 Å². The summed E-state index contributed by atoms with van der Waals surface area (Å²) in [6.45, 7) is 9.86. The summed E-state index contributed by atoms with van der Waals surface area (Å²) in [5, 5.41) is 7.24. The minimum Gasteiger partial charge on any atom is -0.445 e. The van der Waals surface area contributed by atoms with Crippen molar-refractivity contribution in [2.75, 3.05) is 53.3 Å². The van der Waals surface area contributed by atoms with Crippen LogP contribution in [0.25, 0.3) is 0 Å². The van der Waals surface area contributed by atoms with Gasteiger partial charge in [0.1, 0.15) is 12.6 Å². The van der Waals surface area contributed by atoms with Crippen LogP contribution in [-0.2, 0) is 59.6 Å². The lowest BCUT2D eigenvalue weighted by molar-refractivity contribution is -0.146. The van der Waals surface area contributed by atoms with Crippen molar-refractivity contribution in [3.63, 3.8) is 0 Å². The van der Waals surface area contributed by atoms with Gasteiger partial charge in [-0.05, 0) is 55.2 Å². The monoisotopic (exact) mass is 893 g/mol. The Morgan fingerprint density at radius 1 is 0.871 bits per heavy atom. The summed E-state index contributed by atoms with van der Waals surface area (Å²) in [7, 11) is 2.18. The highest BCUT2D eigenvalue weighted by molar-refractivity contribution is 7.90. The Balaban J connectivity index is 1.62. The Hall–Kier alpha value is -4.82. The molecule has 1 aliphatic heterocycles. The highest BCUT2D eigenvalue weighted by atomic mass is 32.2. The number of ether oxygens (including phenoxy) is 3. The molecule has 1 aliphatic carbocycles. The number of carbonyl (C=O) groups is 7. The Morgan fingerprint density at radius 2 is 1.50 bits per heavy atom. The molecule has 2 aliphatic rings. The van der Waals surface area contributed by atoms with Crippen LogP contribution in [0.5, 0.6) is 0 Å². The van der Waals surface area contributed by atoms with Crippen LogP contribution < -0.4 is 20.7 Å². The van der Waals surface area contributed by atoms with E-state index in [4.69, 9.17) is 14.2 Å². The number of likely N-dealkylation sites (N-methyl/N-ethyl adjacent to an activating group) is 2. The van der Waals surface area contributed by atoms with E-state index in [1.54, 1.807) is 57.0 Å². The van der Waals surface area contributed by atoms with Crippen LogP contribution in [0.2, 0.25) is 0 Å². The molecule has 20 heteroatoms. The molecule has 1 aromatic carbocycles. The molecule has 1 heterocycles. The standard InChI is InChI=1S/C42H67N7O12S/c1-11-26(4)38(47(7)36(53)23-44-41(55)37(25(2)3)48(8)42(56)61-24-29-14-16-30(17-15-29)45-28(6)50)33(59-9)21-35(52)49-20-12-13-32(49)39(60-10)27(5)40(54)43-22-34(51)46-62(57,58)31-18-19-31/h14-17,25-27,31-33,37-39H,11-13,18-24H2,1-10H3,(H,43,54)(H,44,55)(H,45,50)(H,46,51)/t26-,27+,32-,33+,37?,38-,39+/m0/s1. The van der Waals surface area contributed by atoms with E-state index in [9.17, 15) is 42.0 Å². The first kappa shape index (κ1) is 51.5. The third-order valence-electron chi connectivity index (χ3n) is 11.6. The van der Waals surface area contributed by atoms with Gasteiger partial charge in [-0.3, -0.25) is 38.4 Å². The van der Waals surface area contributed by atoms with Crippen LogP contribution in [0.3, 0.4) is 0 Å². The number of anilines is 1. The van der Waals surface area contributed by atoms with Crippen molar-refractivity contribution in [1.82, 2.24) is 30.1 Å². The average molecular weight is 894 g/mol. The molecule has 7 amide bonds. The molecule has 1 unspecified atom stereocenters. The van der Waals surface area contributed by atoms with Gasteiger partial charge in [-0.2, -0.15) is 0 Å². The highest BCUT2D eigenvalue weighted by Gasteiger charge is 2.42. The zero-order valence-electron chi connectivity index (χ0n) is 37.7. The summed E-state index contributed by atoms with van der Waals surface area (Å²) >= 11 is 0. The summed E-state index contributed by atoms with van der Waals surface area (Å²) in [6, 6.07) is 4.74. The highest BCUT2D eigenvalue weighted by Crippen LogP contribution is 2.30. The molecule has 3 rings (SSSR count). The van der Waals surface area contributed by atoms with E-state index in [0.717, 1.165) is 0 Å². The number of rotatable bonds is 23. The van der Waals surface area contributed by atoms with Gasteiger partial charge in [-0.25, -0.2) is 13.2 Å². The number of benzene rings is 1. The lowest BCUT2D eigenvalue weighted by atomic mass is 9.90. The Morgan fingerprint density at radius 3 is 2.05 bits per heavy atom. The molecule has 348 valence electrons. The number of amides is 7. The van der Waals surface area contributed by atoms with Gasteiger partial charge in [0.05, 0.1) is 55.0 Å². The molecule has 1 aromatic rings. The molecular weight excluding hydrogens is 827 g/mol. The largest absolute Gasteiger partial charge is 0.445 e. The second-order valence-corrected chi connectivity index (χ2v) is 18.5. The van der Waals surface area contributed by atoms with Crippen molar-refractivity contribution in [1.29, 1.82) is 0 Å². The first-order chi connectivity index (χ1) is 29.2. The molecule has 1 saturated heterocycles. The third kappa shape index (κ3) is 14.4. The molecule has 0 spiro atoms. The van der Waals surface area contributed by atoms with Crippen molar-refractivity contribution in [2.24, 2.45) is 17.8 Å². The van der Waals surface area contributed by atoms with E-state index in [2.05, 4.69) is 16.0 Å². The van der Waals surface area contributed by atoms with Crippen LogP contribution >= 0.6 is 0 Å². The molecule has 2 fully saturated rings. The van der Waals surface area contributed by atoms with E-state index in [1.165, 1.54) is 38.0 Å². The molecule has 1 saturated carbocycles. The lowest BCUT2D eigenvalue weighted by Gasteiger charge is -2.39. The minimum atomic E-state index is -3.76. The fourth-order valence-electron chi connectivity index (χ4n) is 7.88. The number of hydrogen-bond acceptors (Lipinski definition) is 12. The Kier molecular flexibility index (Phi) is 19.6. The SMILES string of the molecule is CC[C@H](C)[C@@H]([C@@H](CC(=O)N1CCC[C@H]1[C@H](OC)[C@@H](C)C(=O)NCC(=O)NS(=O)(=O)C1CC1)OC)N(C)C(=O)CNC(=O)C(C(C)C)N(C)C(=O)OCc1ccc(NC(C)=O)cc1. The lowest BCUT2D eigenvalue weighted by Crippen LogP contribution is -2.55. The van der Waals surface area contributed by atoms with Crippen molar-refractivity contribution < 1.29 is 56.2 Å². The van der Waals surface area contributed by atoms with Crippen LogP contribution in [0.15, 0.2) is 24.3 Å². The van der Waals surface area contributed by atoms with E-state index in [1.807, 2.05) is 18.6 Å². The summed E-state index contributed by atoms with van der Waals surface area (Å²) in [5.41, 5.74) is 1.27. The number of likely N-dealkylation sites (tertiary alicyclic amines) is 1. The summed E-state index contributed by atoms with van der Waals surface area (Å²) in [4.78, 5) is 95.4. The number of hydrogen-bond donors (Lipinski definition) is 4. The second kappa shape index (κ2) is 23.6. The van der Waals surface area contributed by atoms with Gasteiger partial charge in [-0.1, -0.05) is 53.2 Å². The van der Waals surface area contributed by atoms with E-state index in [0.29, 0.717) is 49.9 Å². The predicted octanol–water partition coefficient (Wildman–Crippen LogP) is 2.00. The first-order valence-corrected chi connectivity index (χ1v) is 22.7. The second-order valence-electron chi connectivity index (χ2n) is 16.6. The summed E-state index contributed by atoms with van der Waals surface area (Å²) in [6.07, 6.45) is 0.473. The smallest absolute Gasteiger partial charge is 0.410 e. The number of nitrogens with zero attached hydrogens (tertiary/aromatic N) is 3. The number of carbonyl (C=O) groups excluding carboxylic acids is 7. The average Bonchev–Trinajstić information content (AvgIpc) is 3.99. The molecule has 0 aromatic heterocycles. The Labute approximate surface area is 365 Å². The molecule has 0 radical (unpaired) electrons. The maximum absolute atomic E-state index is 14.1. The van der Waals surface area contributed by atoms with Gasteiger partial charge in [0.15, 0.2) is 0 Å². The van der Waals surface area contributed by atoms with Gasteiger partial charge >= 0.3 is 6.09 Å². The molecule has 0 bridgehead atoms. The van der Waals surface area contributed by atoms with Gasteiger partial charge < -0.3 is 40.0 Å². The minimum absolute atomic E-state index is 0.0696. The molecule has 62 heavy (non-hydrogen) atoms. The van der Waals surface area contributed by atoms with E-state index < -0.39 is 87.8 Å². The Bertz CT molecular complexity index is 1840. The zero-order chi connectivity index (χ0) is 46.5. The first-order valence-electron chi connectivity index (χ1n) is 21.1. The van der Waals surface area contributed by atoms with Crippen molar-refractivity contribution in [2.45, 2.75) is 122 Å². The number of sulfonamides is 1. The van der Waals surface area contributed by atoms with Gasteiger partial charge in [-0.15, -0.1) is 0 Å². The van der Waals surface area contributed by atoms with E-state index >= 15 is 0 Å². The fourth-order valence-corrected chi connectivity index (χ4v) is 9.19. The van der Waals surface area contributed by atoms with Crippen LogP contribution in [0.4, 0.5) is 10.5 Å². The van der Waals surface area contributed by atoms with Crippen molar-refractivity contribution in [3.8, 4) is 0 Å². The molecule has 19 nitrogen and oxygen atoms in total. The summed E-state index contributed by atoms with van der Waals surface area (Å²) < 4.78 is 43.4. The van der Waals surface area contributed by atoms with Crippen LogP contribution in [0.1, 0.15) is 85.6 Å². The maximum atomic E-state index is 14.1. The molecule has 4 N–H and O–H groups in total. The third-order valence-corrected chi connectivity index (χ3v) is 13.5. The number of methoxy groups -OCH3 is 2. The van der Waals surface area contributed by atoms with Gasteiger partial charge in [0.25, 0.3) is 5.91 Å². The molecule has 7 atom stereocenters. The maximum Gasteiger partial charge on any atom is 0.410 e. The molecular formula is C42H67N7O12S. The zero-order valence-corrected chi connectivity index (χ0v) is 38.5. The van der Waals surface area contributed by atoms with E-state index in [-0.39, 0.29) is 43.2 Å². The summed E-state index contributed by atoms with van der Waals surface area (Å²) in [5.74, 6) is -4.14. The van der Waals surface area contributed by atoms with Crippen molar-refractivity contribution >= 4 is 57.2 Å². The fraction of sp³-hybridized carbons (Fsp3) is 0.690. The quantitative estimate of drug-likeness (QED) is 0.123. The van der Waals surface area contributed by atoms with Crippen LogP contribution in [-0.4, -0.2) is 148 Å². The normalized spacial score (nSPS) is 18.0.